The third kappa shape index (κ3) is 3.47. The Balaban J connectivity index is 1.83. The van der Waals surface area contributed by atoms with Gasteiger partial charge >= 0.3 is 0 Å². The number of amides is 1. The number of hydrogen-bond acceptors (Lipinski definition) is 3. The van der Waals surface area contributed by atoms with Crippen LogP contribution in [0.4, 0.5) is 5.69 Å². The summed E-state index contributed by atoms with van der Waals surface area (Å²) in [6.07, 6.45) is 1.73. The predicted molar refractivity (Wildman–Crippen MR) is 97.9 cm³/mol. The van der Waals surface area contributed by atoms with E-state index in [1.54, 1.807) is 17.9 Å². The Hall–Kier alpha value is -2.89. The second kappa shape index (κ2) is 6.55. The van der Waals surface area contributed by atoms with Crippen molar-refractivity contribution in [3.8, 4) is 0 Å². The zero-order valence-corrected chi connectivity index (χ0v) is 15.3. The number of benzene rings is 1. The van der Waals surface area contributed by atoms with E-state index in [1.807, 2.05) is 25.5 Å². The lowest BCUT2D eigenvalue weighted by atomic mass is 10.1. The van der Waals surface area contributed by atoms with Crippen LogP contribution in [0, 0.1) is 27.7 Å². The van der Waals surface area contributed by atoms with Crippen LogP contribution in [0.3, 0.4) is 0 Å². The van der Waals surface area contributed by atoms with Crippen LogP contribution >= 0.6 is 0 Å². The summed E-state index contributed by atoms with van der Waals surface area (Å²) in [5.74, 6) is -0.160. The standard InChI is InChI=1S/C19H23N5O/c1-12-6-8-16(9-7-12)10-24-15(4)18(14(3)22-24)20-19(25)17-11-23(5)21-13(17)2/h6-9,11H,10H2,1-5H3,(H,20,25). The van der Waals surface area contributed by atoms with Crippen molar-refractivity contribution in [1.29, 1.82) is 0 Å². The van der Waals surface area contributed by atoms with Crippen molar-refractivity contribution >= 4 is 11.6 Å². The van der Waals surface area contributed by atoms with Gasteiger partial charge in [-0.05, 0) is 33.3 Å². The number of nitrogens with zero attached hydrogens (tertiary/aromatic N) is 4. The second-order valence-electron chi connectivity index (χ2n) is 6.45. The molecular weight excluding hydrogens is 314 g/mol. The first-order chi connectivity index (χ1) is 11.8. The number of nitrogens with one attached hydrogen (secondary N) is 1. The van der Waals surface area contributed by atoms with Crippen LogP contribution in [-0.2, 0) is 13.6 Å². The molecule has 3 rings (SSSR count). The first-order valence-corrected chi connectivity index (χ1v) is 8.26. The van der Waals surface area contributed by atoms with Gasteiger partial charge in [0.25, 0.3) is 5.91 Å². The maximum absolute atomic E-state index is 12.6. The Kier molecular flexibility index (Phi) is 4.44. The second-order valence-corrected chi connectivity index (χ2v) is 6.45. The van der Waals surface area contributed by atoms with Gasteiger partial charge in [0.15, 0.2) is 0 Å². The molecule has 0 fully saturated rings. The van der Waals surface area contributed by atoms with Crippen molar-refractivity contribution in [3.63, 3.8) is 0 Å². The summed E-state index contributed by atoms with van der Waals surface area (Å²) in [6.45, 7) is 8.45. The Morgan fingerprint density at radius 1 is 1.04 bits per heavy atom. The summed E-state index contributed by atoms with van der Waals surface area (Å²) in [5, 5.41) is 11.8. The van der Waals surface area contributed by atoms with Crippen LogP contribution in [0.1, 0.15) is 38.6 Å². The van der Waals surface area contributed by atoms with Gasteiger partial charge in [-0.15, -0.1) is 0 Å². The van der Waals surface area contributed by atoms with E-state index >= 15 is 0 Å². The van der Waals surface area contributed by atoms with Crippen molar-refractivity contribution in [1.82, 2.24) is 19.6 Å². The maximum atomic E-state index is 12.6. The molecule has 2 heterocycles. The molecule has 6 heteroatoms. The number of carbonyl (C=O) groups excluding carboxylic acids is 1. The van der Waals surface area contributed by atoms with Gasteiger partial charge < -0.3 is 5.32 Å². The molecule has 2 aromatic heterocycles. The molecule has 1 aromatic carbocycles. The monoisotopic (exact) mass is 337 g/mol. The van der Waals surface area contributed by atoms with E-state index in [-0.39, 0.29) is 5.91 Å². The van der Waals surface area contributed by atoms with Crippen LogP contribution in [0.5, 0.6) is 0 Å². The van der Waals surface area contributed by atoms with E-state index in [9.17, 15) is 4.79 Å². The Morgan fingerprint density at radius 3 is 2.32 bits per heavy atom. The molecule has 0 saturated heterocycles. The van der Waals surface area contributed by atoms with Crippen molar-refractivity contribution in [2.24, 2.45) is 7.05 Å². The van der Waals surface area contributed by atoms with Gasteiger partial charge in [0.05, 0.1) is 34.9 Å². The van der Waals surface area contributed by atoms with Gasteiger partial charge in [0.1, 0.15) is 0 Å². The molecular formula is C19H23N5O. The number of anilines is 1. The average Bonchev–Trinajstić information content (AvgIpc) is 3.03. The molecule has 0 unspecified atom stereocenters. The Labute approximate surface area is 147 Å². The van der Waals surface area contributed by atoms with Crippen LogP contribution in [0.2, 0.25) is 0 Å². The van der Waals surface area contributed by atoms with Crippen LogP contribution in [0.25, 0.3) is 0 Å². The molecule has 0 aliphatic rings. The molecule has 130 valence electrons. The molecule has 0 radical (unpaired) electrons. The zero-order chi connectivity index (χ0) is 18.1. The third-order valence-electron chi connectivity index (χ3n) is 4.33. The highest BCUT2D eigenvalue weighted by Gasteiger charge is 2.18. The summed E-state index contributed by atoms with van der Waals surface area (Å²) in [4.78, 5) is 12.6. The fourth-order valence-electron chi connectivity index (χ4n) is 2.90. The smallest absolute Gasteiger partial charge is 0.259 e. The van der Waals surface area contributed by atoms with Gasteiger partial charge in [0.2, 0.25) is 0 Å². The van der Waals surface area contributed by atoms with Gasteiger partial charge in [-0.3, -0.25) is 14.2 Å². The summed E-state index contributed by atoms with van der Waals surface area (Å²) in [5.41, 5.74) is 6.21. The molecule has 25 heavy (non-hydrogen) atoms. The van der Waals surface area contributed by atoms with Crippen LogP contribution in [0.15, 0.2) is 30.5 Å². The maximum Gasteiger partial charge on any atom is 0.259 e. The fraction of sp³-hybridized carbons (Fsp3) is 0.316. The predicted octanol–water partition coefficient (Wildman–Crippen LogP) is 3.15. The summed E-state index contributed by atoms with van der Waals surface area (Å²) < 4.78 is 3.57. The summed E-state index contributed by atoms with van der Waals surface area (Å²) >= 11 is 0. The number of rotatable bonds is 4. The molecule has 1 amide bonds. The van der Waals surface area contributed by atoms with E-state index in [0.29, 0.717) is 17.8 Å². The Bertz CT molecular complexity index is 918. The summed E-state index contributed by atoms with van der Waals surface area (Å²) in [6, 6.07) is 8.38. The molecule has 0 saturated carbocycles. The summed E-state index contributed by atoms with van der Waals surface area (Å²) in [7, 11) is 1.81. The minimum Gasteiger partial charge on any atom is -0.319 e. The minimum absolute atomic E-state index is 0.160. The number of aromatic nitrogens is 4. The molecule has 0 aliphatic carbocycles. The van der Waals surface area contributed by atoms with Gasteiger partial charge in [0, 0.05) is 13.2 Å². The molecule has 3 aromatic rings. The van der Waals surface area contributed by atoms with E-state index < -0.39 is 0 Å². The largest absolute Gasteiger partial charge is 0.319 e. The highest BCUT2D eigenvalue weighted by Crippen LogP contribution is 2.22. The van der Waals surface area contributed by atoms with Gasteiger partial charge in [-0.1, -0.05) is 29.8 Å². The zero-order valence-electron chi connectivity index (χ0n) is 15.3. The molecule has 0 aliphatic heterocycles. The van der Waals surface area contributed by atoms with Crippen LogP contribution in [-0.4, -0.2) is 25.5 Å². The molecule has 1 N–H and O–H groups in total. The third-order valence-corrected chi connectivity index (χ3v) is 4.33. The number of hydrogen-bond donors (Lipinski definition) is 1. The molecule has 0 bridgehead atoms. The topological polar surface area (TPSA) is 64.7 Å². The minimum atomic E-state index is -0.160. The van der Waals surface area contributed by atoms with E-state index in [4.69, 9.17) is 0 Å². The van der Waals surface area contributed by atoms with E-state index in [1.165, 1.54) is 11.1 Å². The quantitative estimate of drug-likeness (QED) is 0.795. The highest BCUT2D eigenvalue weighted by molar-refractivity contribution is 6.05. The normalized spacial score (nSPS) is 10.9. The average molecular weight is 337 g/mol. The SMILES string of the molecule is Cc1ccc(Cn2nc(C)c(NC(=O)c3cn(C)nc3C)c2C)cc1. The van der Waals surface area contributed by atoms with Crippen molar-refractivity contribution < 1.29 is 4.79 Å². The highest BCUT2D eigenvalue weighted by atomic mass is 16.1. The van der Waals surface area contributed by atoms with Crippen molar-refractivity contribution in [2.45, 2.75) is 34.2 Å². The molecule has 0 atom stereocenters. The van der Waals surface area contributed by atoms with Crippen molar-refractivity contribution in [3.05, 3.63) is 64.2 Å². The van der Waals surface area contributed by atoms with Gasteiger partial charge in [-0.2, -0.15) is 10.2 Å². The Morgan fingerprint density at radius 2 is 1.72 bits per heavy atom. The van der Waals surface area contributed by atoms with E-state index in [2.05, 4.69) is 46.7 Å². The lowest BCUT2D eigenvalue weighted by Crippen LogP contribution is -2.14. The number of aryl methyl sites for hydroxylation is 4. The van der Waals surface area contributed by atoms with E-state index in [0.717, 1.165) is 17.1 Å². The molecule has 0 spiro atoms. The van der Waals surface area contributed by atoms with Crippen LogP contribution < -0.4 is 5.32 Å². The lowest BCUT2D eigenvalue weighted by molar-refractivity contribution is 0.102. The first-order valence-electron chi connectivity index (χ1n) is 8.26. The first kappa shape index (κ1) is 17.0. The van der Waals surface area contributed by atoms with Crippen molar-refractivity contribution in [2.75, 3.05) is 5.32 Å². The number of carbonyl (C=O) groups is 1. The lowest BCUT2D eigenvalue weighted by Gasteiger charge is -2.07. The fourth-order valence-corrected chi connectivity index (χ4v) is 2.90. The molecule has 6 nitrogen and oxygen atoms in total. The van der Waals surface area contributed by atoms with Gasteiger partial charge in [-0.25, -0.2) is 0 Å².